The van der Waals surface area contributed by atoms with Crippen molar-refractivity contribution in [2.24, 2.45) is 0 Å². The Morgan fingerprint density at radius 2 is 2.16 bits per heavy atom. The smallest absolute Gasteiger partial charge is 0.242 e. The van der Waals surface area contributed by atoms with Gasteiger partial charge in [0.1, 0.15) is 12.1 Å². The average Bonchev–Trinajstić information content (AvgIpc) is 2.70. The van der Waals surface area contributed by atoms with Crippen LogP contribution < -0.4 is 5.73 Å². The van der Waals surface area contributed by atoms with Crippen molar-refractivity contribution in [3.05, 3.63) is 23.8 Å². The van der Waals surface area contributed by atoms with Gasteiger partial charge in [0.25, 0.3) is 0 Å². The lowest BCUT2D eigenvalue weighted by atomic mass is 10.3. The van der Waals surface area contributed by atoms with Gasteiger partial charge in [-0.15, -0.1) is 0 Å². The maximum Gasteiger partial charge on any atom is 0.242 e. The predicted molar refractivity (Wildman–Crippen MR) is 67.4 cm³/mol. The summed E-state index contributed by atoms with van der Waals surface area (Å²) in [5, 5.41) is 0. The minimum Gasteiger partial charge on any atom is -0.369 e. The highest BCUT2D eigenvalue weighted by atomic mass is 19.2. The molecule has 0 saturated carbocycles. The summed E-state index contributed by atoms with van der Waals surface area (Å²) in [6.07, 6.45) is 0. The van der Waals surface area contributed by atoms with Crippen LogP contribution in [0.25, 0.3) is 11.0 Å². The Bertz CT molecular complexity index is 638. The molecule has 102 valence electrons. The molecule has 0 saturated heterocycles. The van der Waals surface area contributed by atoms with Crippen molar-refractivity contribution < 1.29 is 13.6 Å². The van der Waals surface area contributed by atoms with Crippen LogP contribution in [0, 0.1) is 11.6 Å². The molecule has 1 heterocycles. The molecule has 7 heteroatoms. The third-order valence-corrected chi connectivity index (χ3v) is 3.02. The highest BCUT2D eigenvalue weighted by Crippen LogP contribution is 2.23. The predicted octanol–water partition coefficient (Wildman–Crippen LogP) is 1.37. The van der Waals surface area contributed by atoms with Crippen LogP contribution >= 0.6 is 0 Å². The number of imidazole rings is 1. The number of nitrogens with two attached hydrogens (primary N) is 1. The van der Waals surface area contributed by atoms with Crippen LogP contribution in [-0.4, -0.2) is 34.0 Å². The number of likely N-dealkylation sites (N-methyl/N-ethyl adjacent to an activating group) is 1. The molecule has 0 radical (unpaired) electrons. The zero-order chi connectivity index (χ0) is 14.2. The molecule has 5 nitrogen and oxygen atoms in total. The van der Waals surface area contributed by atoms with E-state index in [9.17, 15) is 13.6 Å². The largest absolute Gasteiger partial charge is 0.369 e. The minimum absolute atomic E-state index is 0.0163. The van der Waals surface area contributed by atoms with Crippen molar-refractivity contribution in [1.29, 1.82) is 0 Å². The van der Waals surface area contributed by atoms with E-state index >= 15 is 0 Å². The number of carbonyl (C=O) groups is 1. The average molecular weight is 268 g/mol. The molecule has 2 rings (SSSR count). The standard InChI is InChI=1S/C12H14F2N4O/c1-3-17(2)9(19)6-18-11-8(16-12(18)15)5-4-7(13)10(11)14/h4-5H,3,6H2,1-2H3,(H2,15,16). The molecule has 0 aliphatic rings. The van der Waals surface area contributed by atoms with Gasteiger partial charge in [0.2, 0.25) is 11.9 Å². The van der Waals surface area contributed by atoms with Crippen molar-refractivity contribution in [1.82, 2.24) is 14.5 Å². The minimum atomic E-state index is -1.05. The molecule has 19 heavy (non-hydrogen) atoms. The van der Waals surface area contributed by atoms with E-state index in [1.165, 1.54) is 15.5 Å². The normalized spacial score (nSPS) is 10.9. The fourth-order valence-corrected chi connectivity index (χ4v) is 1.77. The monoisotopic (exact) mass is 268 g/mol. The number of amides is 1. The molecule has 0 fully saturated rings. The van der Waals surface area contributed by atoms with Crippen molar-refractivity contribution in [3.63, 3.8) is 0 Å². The van der Waals surface area contributed by atoms with Crippen LogP contribution in [0.15, 0.2) is 12.1 Å². The second-order valence-corrected chi connectivity index (χ2v) is 4.19. The Labute approximate surface area is 108 Å². The summed E-state index contributed by atoms with van der Waals surface area (Å²) in [6.45, 7) is 2.16. The van der Waals surface area contributed by atoms with Gasteiger partial charge in [0, 0.05) is 13.6 Å². The van der Waals surface area contributed by atoms with Gasteiger partial charge in [0.15, 0.2) is 11.6 Å². The lowest BCUT2D eigenvalue weighted by Crippen LogP contribution is -2.30. The quantitative estimate of drug-likeness (QED) is 0.914. The Hall–Kier alpha value is -2.18. The number of carbonyl (C=O) groups excluding carboxylic acids is 1. The number of fused-ring (bicyclic) bond motifs is 1. The highest BCUT2D eigenvalue weighted by Gasteiger charge is 2.18. The third kappa shape index (κ3) is 2.23. The molecule has 1 aromatic carbocycles. The zero-order valence-corrected chi connectivity index (χ0v) is 10.7. The van der Waals surface area contributed by atoms with Gasteiger partial charge in [-0.05, 0) is 19.1 Å². The van der Waals surface area contributed by atoms with Crippen LogP contribution in [0.1, 0.15) is 6.92 Å². The summed E-state index contributed by atoms with van der Waals surface area (Å²) in [5.41, 5.74) is 5.79. The number of anilines is 1. The van der Waals surface area contributed by atoms with Crippen molar-refractivity contribution in [3.8, 4) is 0 Å². The first-order chi connectivity index (χ1) is 8.95. The molecule has 0 spiro atoms. The molecule has 0 atom stereocenters. The summed E-state index contributed by atoms with van der Waals surface area (Å²) in [5.74, 6) is -2.31. The lowest BCUT2D eigenvalue weighted by molar-refractivity contribution is -0.130. The number of halogens is 2. The first-order valence-corrected chi connectivity index (χ1v) is 5.79. The fraction of sp³-hybridized carbons (Fsp3) is 0.333. The zero-order valence-electron chi connectivity index (χ0n) is 10.7. The number of rotatable bonds is 3. The summed E-state index contributed by atoms with van der Waals surface area (Å²) in [4.78, 5) is 17.2. The Morgan fingerprint density at radius 3 is 2.79 bits per heavy atom. The summed E-state index contributed by atoms with van der Waals surface area (Å²) in [6, 6.07) is 2.31. The van der Waals surface area contributed by atoms with Crippen LogP contribution in [0.5, 0.6) is 0 Å². The Morgan fingerprint density at radius 1 is 1.47 bits per heavy atom. The van der Waals surface area contributed by atoms with Gasteiger partial charge in [-0.1, -0.05) is 0 Å². The van der Waals surface area contributed by atoms with E-state index < -0.39 is 11.6 Å². The molecule has 1 aromatic heterocycles. The number of nitrogens with zero attached hydrogens (tertiary/aromatic N) is 3. The van der Waals surface area contributed by atoms with Crippen molar-refractivity contribution in [2.45, 2.75) is 13.5 Å². The maximum absolute atomic E-state index is 13.8. The number of hydrogen-bond acceptors (Lipinski definition) is 3. The Kier molecular flexibility index (Phi) is 3.37. The van der Waals surface area contributed by atoms with Crippen LogP contribution in [0.4, 0.5) is 14.7 Å². The SMILES string of the molecule is CCN(C)C(=O)Cn1c(N)nc2ccc(F)c(F)c21. The van der Waals surface area contributed by atoms with Crippen LogP contribution in [0.2, 0.25) is 0 Å². The van der Waals surface area contributed by atoms with E-state index in [0.29, 0.717) is 6.54 Å². The van der Waals surface area contributed by atoms with Crippen molar-refractivity contribution in [2.75, 3.05) is 19.3 Å². The Balaban J connectivity index is 2.51. The van der Waals surface area contributed by atoms with Crippen molar-refractivity contribution >= 4 is 22.9 Å². The number of benzene rings is 1. The summed E-state index contributed by atoms with van der Waals surface area (Å²) in [7, 11) is 1.62. The summed E-state index contributed by atoms with van der Waals surface area (Å²) < 4.78 is 28.2. The molecule has 0 unspecified atom stereocenters. The lowest BCUT2D eigenvalue weighted by Gasteiger charge is -2.15. The highest BCUT2D eigenvalue weighted by molar-refractivity contribution is 5.83. The van der Waals surface area contributed by atoms with E-state index in [1.54, 1.807) is 7.05 Å². The molecule has 1 amide bonds. The molecule has 2 N–H and O–H groups in total. The van der Waals surface area contributed by atoms with Gasteiger partial charge < -0.3 is 10.6 Å². The van der Waals surface area contributed by atoms with Crippen LogP contribution in [-0.2, 0) is 11.3 Å². The van der Waals surface area contributed by atoms with Crippen LogP contribution in [0.3, 0.4) is 0 Å². The van der Waals surface area contributed by atoms with Gasteiger partial charge in [-0.3, -0.25) is 9.36 Å². The van der Waals surface area contributed by atoms with Gasteiger partial charge in [-0.2, -0.15) is 0 Å². The molecular weight excluding hydrogens is 254 g/mol. The fourth-order valence-electron chi connectivity index (χ4n) is 1.77. The topological polar surface area (TPSA) is 64.2 Å². The molecule has 0 bridgehead atoms. The molecule has 0 aliphatic heterocycles. The maximum atomic E-state index is 13.8. The first kappa shape index (κ1) is 13.3. The second-order valence-electron chi connectivity index (χ2n) is 4.19. The summed E-state index contributed by atoms with van der Waals surface area (Å²) >= 11 is 0. The van der Waals surface area contributed by atoms with Gasteiger partial charge in [0.05, 0.1) is 5.52 Å². The number of nitrogen functional groups attached to an aromatic ring is 1. The first-order valence-electron chi connectivity index (χ1n) is 5.79. The number of aromatic nitrogens is 2. The van der Waals surface area contributed by atoms with E-state index in [4.69, 9.17) is 5.73 Å². The molecular formula is C12H14F2N4O. The van der Waals surface area contributed by atoms with E-state index in [-0.39, 0.29) is 29.4 Å². The van der Waals surface area contributed by atoms with Gasteiger partial charge in [-0.25, -0.2) is 13.8 Å². The van der Waals surface area contributed by atoms with Gasteiger partial charge >= 0.3 is 0 Å². The second kappa shape index (κ2) is 4.83. The van der Waals surface area contributed by atoms with E-state index in [1.807, 2.05) is 6.92 Å². The third-order valence-electron chi connectivity index (χ3n) is 3.02. The molecule has 0 aliphatic carbocycles. The van der Waals surface area contributed by atoms with E-state index in [0.717, 1.165) is 6.07 Å². The molecule has 2 aromatic rings. The van der Waals surface area contributed by atoms with E-state index in [2.05, 4.69) is 4.98 Å². The number of hydrogen-bond donors (Lipinski definition) is 1.